The van der Waals surface area contributed by atoms with E-state index in [1.54, 1.807) is 24.1 Å². The van der Waals surface area contributed by atoms with Crippen molar-refractivity contribution in [2.45, 2.75) is 11.1 Å². The highest BCUT2D eigenvalue weighted by molar-refractivity contribution is 8.00. The van der Waals surface area contributed by atoms with Crippen LogP contribution in [0.5, 0.6) is 0 Å². The predicted molar refractivity (Wildman–Crippen MR) is 128 cm³/mol. The number of hydrogen-bond donors (Lipinski definition) is 1. The minimum atomic E-state index is -4.45. The number of nitrogens with zero attached hydrogens (tertiary/aromatic N) is 3. The first-order valence-corrected chi connectivity index (χ1v) is 11.7. The minimum Gasteiger partial charge on any atom is -0.334 e. The Balaban J connectivity index is 1.58. The molecule has 3 aromatic carbocycles. The molecule has 0 unspecified atom stereocenters. The van der Waals surface area contributed by atoms with E-state index >= 15 is 0 Å². The Morgan fingerprint density at radius 3 is 2.53 bits per heavy atom. The Morgan fingerprint density at radius 2 is 1.82 bits per heavy atom. The fourth-order valence-electron chi connectivity index (χ4n) is 3.75. The molecule has 0 radical (unpaired) electrons. The van der Waals surface area contributed by atoms with E-state index in [-0.39, 0.29) is 5.13 Å². The van der Waals surface area contributed by atoms with Crippen molar-refractivity contribution in [3.63, 3.8) is 0 Å². The van der Waals surface area contributed by atoms with Crippen molar-refractivity contribution in [1.29, 1.82) is 0 Å². The van der Waals surface area contributed by atoms with E-state index in [4.69, 9.17) is 0 Å². The van der Waals surface area contributed by atoms with Crippen LogP contribution in [-0.4, -0.2) is 14.5 Å². The van der Waals surface area contributed by atoms with Crippen LogP contribution in [-0.2, 0) is 13.2 Å². The summed E-state index contributed by atoms with van der Waals surface area (Å²) in [6, 6.07) is 15.3. The van der Waals surface area contributed by atoms with Crippen molar-refractivity contribution in [3.8, 4) is 22.4 Å². The van der Waals surface area contributed by atoms with E-state index in [2.05, 4.69) is 14.7 Å². The standard InChI is InChI=1S/C24H16F4N4S2/c1-32-13-29-11-21(32)20-10-15(24(26,27)28)5-7-19(20)18-4-2-3-14-9-16(6-8-17(14)18)34-31-23-30-12-22(25)33-23/h2-13H,1H3,(H,30,31). The van der Waals surface area contributed by atoms with Gasteiger partial charge in [0.15, 0.2) is 10.3 Å². The van der Waals surface area contributed by atoms with E-state index < -0.39 is 11.7 Å². The van der Waals surface area contributed by atoms with Gasteiger partial charge in [0.25, 0.3) is 0 Å². The lowest BCUT2D eigenvalue weighted by molar-refractivity contribution is -0.137. The van der Waals surface area contributed by atoms with Crippen molar-refractivity contribution in [3.05, 3.63) is 84.0 Å². The first-order chi connectivity index (χ1) is 16.3. The Hall–Kier alpha value is -3.37. The summed E-state index contributed by atoms with van der Waals surface area (Å²) >= 11 is 2.22. The van der Waals surface area contributed by atoms with Crippen molar-refractivity contribution >= 4 is 39.2 Å². The number of hydrogen-bond acceptors (Lipinski definition) is 5. The summed E-state index contributed by atoms with van der Waals surface area (Å²) in [6.45, 7) is 0. The largest absolute Gasteiger partial charge is 0.416 e. The second-order valence-corrected chi connectivity index (χ2v) is 9.37. The van der Waals surface area contributed by atoms with Gasteiger partial charge < -0.3 is 9.29 Å². The van der Waals surface area contributed by atoms with Crippen LogP contribution >= 0.6 is 23.3 Å². The molecule has 4 nitrogen and oxygen atoms in total. The SMILES string of the molecule is Cn1cncc1-c1cc(C(F)(F)F)ccc1-c1cccc2cc(SNc3ncc(F)s3)ccc12. The molecule has 0 amide bonds. The number of halogens is 4. The molecule has 0 saturated heterocycles. The molecule has 0 aliphatic carbocycles. The summed E-state index contributed by atoms with van der Waals surface area (Å²) in [7, 11) is 1.75. The summed E-state index contributed by atoms with van der Waals surface area (Å²) < 4.78 is 58.3. The van der Waals surface area contributed by atoms with E-state index in [9.17, 15) is 17.6 Å². The molecule has 0 fully saturated rings. The molecular weight excluding hydrogens is 484 g/mol. The van der Waals surface area contributed by atoms with Crippen molar-refractivity contribution in [2.24, 2.45) is 7.05 Å². The van der Waals surface area contributed by atoms with Crippen molar-refractivity contribution in [1.82, 2.24) is 14.5 Å². The number of alkyl halides is 3. The number of nitrogens with one attached hydrogen (secondary N) is 1. The second-order valence-electron chi connectivity index (χ2n) is 7.51. The van der Waals surface area contributed by atoms with Gasteiger partial charge in [-0.2, -0.15) is 17.6 Å². The van der Waals surface area contributed by atoms with Crippen LogP contribution in [0.3, 0.4) is 0 Å². The van der Waals surface area contributed by atoms with E-state index in [0.717, 1.165) is 44.8 Å². The first-order valence-electron chi connectivity index (χ1n) is 10.0. The Bertz CT molecular complexity index is 1490. The molecule has 0 atom stereocenters. The number of imidazole rings is 1. The molecule has 0 aliphatic rings. The summed E-state index contributed by atoms with van der Waals surface area (Å²) in [5, 5.41) is 1.91. The average Bonchev–Trinajstić information content (AvgIpc) is 3.43. The van der Waals surface area contributed by atoms with Crippen LogP contribution in [0.4, 0.5) is 22.7 Å². The van der Waals surface area contributed by atoms with E-state index in [1.165, 1.54) is 24.1 Å². The smallest absolute Gasteiger partial charge is 0.334 e. The monoisotopic (exact) mass is 500 g/mol. The van der Waals surface area contributed by atoms with E-state index in [1.807, 2.05) is 36.4 Å². The van der Waals surface area contributed by atoms with Gasteiger partial charge in [0, 0.05) is 17.5 Å². The number of benzene rings is 3. The molecule has 0 saturated carbocycles. The molecular formula is C24H16F4N4S2. The van der Waals surface area contributed by atoms with Gasteiger partial charge in [0.05, 0.1) is 30.0 Å². The zero-order chi connectivity index (χ0) is 23.9. The molecule has 2 aromatic heterocycles. The lowest BCUT2D eigenvalue weighted by atomic mass is 9.92. The summed E-state index contributed by atoms with van der Waals surface area (Å²) in [4.78, 5) is 8.92. The molecule has 0 aliphatic heterocycles. The van der Waals surface area contributed by atoms with Crippen LogP contribution in [0.25, 0.3) is 33.2 Å². The maximum absolute atomic E-state index is 13.5. The van der Waals surface area contributed by atoms with Gasteiger partial charge in [-0.25, -0.2) is 9.97 Å². The van der Waals surface area contributed by atoms with Gasteiger partial charge in [-0.1, -0.05) is 41.7 Å². The minimum absolute atomic E-state index is 0.368. The molecule has 10 heteroatoms. The molecule has 1 N–H and O–H groups in total. The molecule has 5 rings (SSSR count). The highest BCUT2D eigenvalue weighted by atomic mass is 32.2. The van der Waals surface area contributed by atoms with Crippen LogP contribution < -0.4 is 4.72 Å². The third-order valence-corrected chi connectivity index (χ3v) is 6.93. The summed E-state index contributed by atoms with van der Waals surface area (Å²) in [5.41, 5.74) is 1.82. The van der Waals surface area contributed by atoms with Gasteiger partial charge in [0.2, 0.25) is 0 Å². The van der Waals surface area contributed by atoms with Crippen molar-refractivity contribution in [2.75, 3.05) is 4.72 Å². The number of fused-ring (bicyclic) bond motifs is 1. The third kappa shape index (κ3) is 4.38. The Labute approximate surface area is 200 Å². The summed E-state index contributed by atoms with van der Waals surface area (Å²) in [5.74, 6) is 0. The maximum Gasteiger partial charge on any atom is 0.416 e. The normalized spacial score (nSPS) is 11.8. The highest BCUT2D eigenvalue weighted by Crippen LogP contribution is 2.40. The fraction of sp³-hybridized carbons (Fsp3) is 0.0833. The molecule has 0 bridgehead atoms. The van der Waals surface area contributed by atoms with Crippen LogP contribution in [0, 0.1) is 5.13 Å². The topological polar surface area (TPSA) is 42.7 Å². The number of aromatic nitrogens is 3. The molecule has 34 heavy (non-hydrogen) atoms. The van der Waals surface area contributed by atoms with Gasteiger partial charge in [-0.15, -0.1) is 0 Å². The zero-order valence-electron chi connectivity index (χ0n) is 17.6. The third-order valence-electron chi connectivity index (χ3n) is 5.32. The summed E-state index contributed by atoms with van der Waals surface area (Å²) in [6.07, 6.45) is -0.173. The zero-order valence-corrected chi connectivity index (χ0v) is 19.2. The van der Waals surface area contributed by atoms with Gasteiger partial charge in [-0.05, 0) is 58.1 Å². The van der Waals surface area contributed by atoms with Gasteiger partial charge >= 0.3 is 6.18 Å². The van der Waals surface area contributed by atoms with Crippen LogP contribution in [0.1, 0.15) is 5.56 Å². The Kier molecular flexibility index (Phi) is 5.78. The van der Waals surface area contributed by atoms with Gasteiger partial charge in [-0.3, -0.25) is 0 Å². The number of anilines is 1. The lowest BCUT2D eigenvalue weighted by Gasteiger charge is -2.16. The average molecular weight is 501 g/mol. The first kappa shape index (κ1) is 22.4. The molecule has 5 aromatic rings. The van der Waals surface area contributed by atoms with Crippen molar-refractivity contribution < 1.29 is 17.6 Å². The van der Waals surface area contributed by atoms with Crippen LogP contribution in [0.2, 0.25) is 0 Å². The molecule has 172 valence electrons. The maximum atomic E-state index is 13.5. The molecule has 0 spiro atoms. The fourth-order valence-corrected chi connectivity index (χ4v) is 5.02. The van der Waals surface area contributed by atoms with Gasteiger partial charge in [0.1, 0.15) is 0 Å². The predicted octanol–water partition coefficient (Wildman–Crippen LogP) is 7.64. The quantitative estimate of drug-likeness (QED) is 0.199. The lowest BCUT2D eigenvalue weighted by Crippen LogP contribution is -2.06. The molecule has 2 heterocycles. The van der Waals surface area contributed by atoms with E-state index in [0.29, 0.717) is 22.0 Å². The number of thiazole rings is 1. The number of rotatable bonds is 5. The highest BCUT2D eigenvalue weighted by Gasteiger charge is 2.31. The van der Waals surface area contributed by atoms with Crippen LogP contribution in [0.15, 0.2) is 78.2 Å². The second kappa shape index (κ2) is 8.77. The Morgan fingerprint density at radius 1 is 0.971 bits per heavy atom. The number of aryl methyl sites for hydroxylation is 1.